The maximum absolute atomic E-state index is 12.3. The standard InChI is InChI=1S/C20H17N5O4/c1-12-14-4-2-3-5-15(14)28-18(12)20(27)24-23-16(26)6-7-17-22-19(25-29-17)13-8-10-21-11-9-13/h2-5,8-11H,6-7H2,1H3,(H,23,26)(H,24,27). The first-order valence-electron chi connectivity index (χ1n) is 8.92. The van der Waals surface area contributed by atoms with Gasteiger partial charge in [-0.25, -0.2) is 0 Å². The largest absolute Gasteiger partial charge is 0.451 e. The molecule has 9 nitrogen and oxygen atoms in total. The van der Waals surface area contributed by atoms with Crippen molar-refractivity contribution < 1.29 is 18.5 Å². The Morgan fingerprint density at radius 1 is 1.07 bits per heavy atom. The van der Waals surface area contributed by atoms with E-state index in [2.05, 4.69) is 26.0 Å². The Kier molecular flexibility index (Phi) is 5.02. The number of hydrogen-bond acceptors (Lipinski definition) is 7. The Bertz CT molecular complexity index is 1170. The zero-order valence-corrected chi connectivity index (χ0v) is 15.5. The molecule has 0 saturated carbocycles. The number of nitrogens with one attached hydrogen (secondary N) is 2. The van der Waals surface area contributed by atoms with Crippen LogP contribution in [0.3, 0.4) is 0 Å². The molecule has 0 aliphatic carbocycles. The number of carbonyl (C=O) groups excluding carboxylic acids is 2. The highest BCUT2D eigenvalue weighted by Gasteiger charge is 2.18. The van der Waals surface area contributed by atoms with Crippen LogP contribution < -0.4 is 10.9 Å². The Hall–Kier alpha value is -4.01. The van der Waals surface area contributed by atoms with Gasteiger partial charge in [0, 0.05) is 41.7 Å². The molecule has 1 aromatic carbocycles. The number of para-hydroxylation sites is 1. The molecule has 9 heteroatoms. The third-order valence-electron chi connectivity index (χ3n) is 4.34. The Morgan fingerprint density at radius 2 is 1.86 bits per heavy atom. The minimum atomic E-state index is -0.523. The van der Waals surface area contributed by atoms with Gasteiger partial charge in [0.05, 0.1) is 0 Å². The first kappa shape index (κ1) is 18.4. The molecule has 3 aromatic heterocycles. The van der Waals surface area contributed by atoms with E-state index in [4.69, 9.17) is 8.94 Å². The fourth-order valence-corrected chi connectivity index (χ4v) is 2.83. The van der Waals surface area contributed by atoms with E-state index in [1.165, 1.54) is 0 Å². The van der Waals surface area contributed by atoms with Gasteiger partial charge in [-0.1, -0.05) is 23.4 Å². The van der Waals surface area contributed by atoms with Gasteiger partial charge in [0.2, 0.25) is 17.6 Å². The summed E-state index contributed by atoms with van der Waals surface area (Å²) in [4.78, 5) is 32.5. The van der Waals surface area contributed by atoms with Crippen molar-refractivity contribution in [2.24, 2.45) is 0 Å². The smallest absolute Gasteiger partial charge is 0.305 e. The molecule has 0 atom stereocenters. The third-order valence-corrected chi connectivity index (χ3v) is 4.34. The van der Waals surface area contributed by atoms with Gasteiger partial charge in [0.15, 0.2) is 5.76 Å². The molecular weight excluding hydrogens is 374 g/mol. The molecule has 0 bridgehead atoms. The lowest BCUT2D eigenvalue weighted by Gasteiger charge is -2.05. The van der Waals surface area contributed by atoms with Crippen molar-refractivity contribution >= 4 is 22.8 Å². The van der Waals surface area contributed by atoms with Crippen LogP contribution in [0.25, 0.3) is 22.4 Å². The predicted molar refractivity (Wildman–Crippen MR) is 102 cm³/mol. The van der Waals surface area contributed by atoms with Gasteiger partial charge in [-0.05, 0) is 25.1 Å². The van der Waals surface area contributed by atoms with E-state index in [1.807, 2.05) is 18.2 Å². The number of nitrogens with zero attached hydrogens (tertiary/aromatic N) is 3. The quantitative estimate of drug-likeness (QED) is 0.501. The third kappa shape index (κ3) is 3.98. The minimum absolute atomic E-state index is 0.0668. The minimum Gasteiger partial charge on any atom is -0.451 e. The first-order chi connectivity index (χ1) is 14.1. The van der Waals surface area contributed by atoms with E-state index in [9.17, 15) is 9.59 Å². The Morgan fingerprint density at radius 3 is 2.66 bits per heavy atom. The summed E-state index contributed by atoms with van der Waals surface area (Å²) >= 11 is 0. The van der Waals surface area contributed by atoms with E-state index in [-0.39, 0.29) is 18.6 Å². The molecule has 4 aromatic rings. The lowest BCUT2D eigenvalue weighted by atomic mass is 10.1. The highest BCUT2D eigenvalue weighted by molar-refractivity contribution is 5.99. The molecule has 0 unspecified atom stereocenters. The maximum Gasteiger partial charge on any atom is 0.305 e. The van der Waals surface area contributed by atoms with E-state index < -0.39 is 11.8 Å². The number of aryl methyl sites for hydroxylation is 2. The van der Waals surface area contributed by atoms with Crippen LogP contribution in [-0.2, 0) is 11.2 Å². The molecule has 0 fully saturated rings. The van der Waals surface area contributed by atoms with Crippen molar-refractivity contribution in [3.8, 4) is 11.4 Å². The van der Waals surface area contributed by atoms with E-state index in [0.717, 1.165) is 10.9 Å². The number of aromatic nitrogens is 3. The van der Waals surface area contributed by atoms with Crippen LogP contribution >= 0.6 is 0 Å². The number of fused-ring (bicyclic) bond motifs is 1. The molecule has 2 N–H and O–H groups in total. The Labute approximate surface area is 165 Å². The topological polar surface area (TPSA) is 123 Å². The predicted octanol–water partition coefficient (Wildman–Crippen LogP) is 2.58. The molecule has 0 saturated heterocycles. The fourth-order valence-electron chi connectivity index (χ4n) is 2.83. The van der Waals surface area contributed by atoms with E-state index >= 15 is 0 Å². The second-order valence-electron chi connectivity index (χ2n) is 6.30. The normalized spacial score (nSPS) is 10.8. The summed E-state index contributed by atoms with van der Waals surface area (Å²) in [6.07, 6.45) is 3.57. The summed E-state index contributed by atoms with van der Waals surface area (Å²) < 4.78 is 10.7. The number of rotatable bonds is 5. The van der Waals surface area contributed by atoms with Gasteiger partial charge in [-0.15, -0.1) is 0 Å². The van der Waals surface area contributed by atoms with Crippen molar-refractivity contribution in [1.82, 2.24) is 26.0 Å². The molecule has 2 amide bonds. The molecule has 0 spiro atoms. The Balaban J connectivity index is 1.30. The molecule has 29 heavy (non-hydrogen) atoms. The van der Waals surface area contributed by atoms with Crippen molar-refractivity contribution in [3.63, 3.8) is 0 Å². The van der Waals surface area contributed by atoms with Crippen LogP contribution in [0.15, 0.2) is 57.7 Å². The van der Waals surface area contributed by atoms with Gasteiger partial charge in [0.25, 0.3) is 0 Å². The van der Waals surface area contributed by atoms with E-state index in [1.54, 1.807) is 37.5 Å². The summed E-state index contributed by atoms with van der Waals surface area (Å²) in [7, 11) is 0. The number of furan rings is 1. The highest BCUT2D eigenvalue weighted by atomic mass is 16.5. The van der Waals surface area contributed by atoms with Gasteiger partial charge in [0.1, 0.15) is 5.58 Å². The summed E-state index contributed by atoms with van der Waals surface area (Å²) in [5.41, 5.74) is 6.82. The molecule has 146 valence electrons. The second-order valence-corrected chi connectivity index (χ2v) is 6.30. The number of benzene rings is 1. The van der Waals surface area contributed by atoms with Gasteiger partial charge in [-0.2, -0.15) is 4.98 Å². The summed E-state index contributed by atoms with van der Waals surface area (Å²) in [5.74, 6) is -0.00567. The molecule has 3 heterocycles. The molecule has 0 aliphatic heterocycles. The van der Waals surface area contributed by atoms with Gasteiger partial charge >= 0.3 is 5.91 Å². The highest BCUT2D eigenvalue weighted by Crippen LogP contribution is 2.24. The van der Waals surface area contributed by atoms with Crippen molar-refractivity contribution in [3.05, 3.63) is 66.0 Å². The fraction of sp³-hybridized carbons (Fsp3) is 0.150. The number of amides is 2. The molecular formula is C20H17N5O4. The summed E-state index contributed by atoms with van der Waals surface area (Å²) in [5, 5.41) is 4.73. The summed E-state index contributed by atoms with van der Waals surface area (Å²) in [6, 6.07) is 10.9. The van der Waals surface area contributed by atoms with Gasteiger partial charge < -0.3 is 8.94 Å². The van der Waals surface area contributed by atoms with Crippen molar-refractivity contribution in [2.45, 2.75) is 19.8 Å². The second kappa shape index (κ2) is 7.93. The van der Waals surface area contributed by atoms with Crippen molar-refractivity contribution in [1.29, 1.82) is 0 Å². The molecule has 0 aliphatic rings. The van der Waals surface area contributed by atoms with Crippen LogP contribution in [0.5, 0.6) is 0 Å². The SMILES string of the molecule is Cc1c(C(=O)NNC(=O)CCc2nc(-c3ccncc3)no2)oc2ccccc12. The van der Waals surface area contributed by atoms with Crippen LogP contribution in [0, 0.1) is 6.92 Å². The lowest BCUT2D eigenvalue weighted by molar-refractivity contribution is -0.121. The zero-order chi connectivity index (χ0) is 20.2. The monoisotopic (exact) mass is 391 g/mol. The number of carbonyl (C=O) groups is 2. The van der Waals surface area contributed by atoms with Gasteiger partial charge in [-0.3, -0.25) is 25.4 Å². The number of hydrazine groups is 1. The van der Waals surface area contributed by atoms with E-state index in [0.29, 0.717) is 22.9 Å². The molecule has 0 radical (unpaired) electrons. The number of pyridine rings is 1. The summed E-state index contributed by atoms with van der Waals surface area (Å²) in [6.45, 7) is 1.79. The van der Waals surface area contributed by atoms with Crippen LogP contribution in [0.4, 0.5) is 0 Å². The van der Waals surface area contributed by atoms with Crippen LogP contribution in [0.2, 0.25) is 0 Å². The number of hydrogen-bond donors (Lipinski definition) is 2. The lowest BCUT2D eigenvalue weighted by Crippen LogP contribution is -2.41. The average molecular weight is 391 g/mol. The zero-order valence-electron chi connectivity index (χ0n) is 15.5. The maximum atomic E-state index is 12.3. The van der Waals surface area contributed by atoms with Crippen LogP contribution in [-0.4, -0.2) is 26.9 Å². The van der Waals surface area contributed by atoms with Crippen LogP contribution in [0.1, 0.15) is 28.4 Å². The average Bonchev–Trinajstić information content (AvgIpc) is 3.36. The molecule has 4 rings (SSSR count). The first-order valence-corrected chi connectivity index (χ1v) is 8.92. The van der Waals surface area contributed by atoms with Crippen molar-refractivity contribution in [2.75, 3.05) is 0 Å².